The van der Waals surface area contributed by atoms with Crippen LogP contribution in [0.1, 0.15) is 10.4 Å². The molecule has 2 heterocycles. The Kier molecular flexibility index (Phi) is 5.25. The van der Waals surface area contributed by atoms with E-state index in [1.165, 1.54) is 19.2 Å². The topological polar surface area (TPSA) is 79.5 Å². The minimum atomic E-state index is -4.32. The van der Waals surface area contributed by atoms with E-state index in [-0.39, 0.29) is 27.5 Å². The number of fused-ring (bicyclic) bond motifs is 1. The molecule has 0 atom stereocenters. The van der Waals surface area contributed by atoms with Crippen LogP contribution in [-0.2, 0) is 21.8 Å². The van der Waals surface area contributed by atoms with E-state index in [1.807, 2.05) is 11.6 Å². The summed E-state index contributed by atoms with van der Waals surface area (Å²) in [5.41, 5.74) is 0.0634. The van der Waals surface area contributed by atoms with Gasteiger partial charge in [-0.1, -0.05) is 0 Å². The molecular weight excluding hydrogens is 442 g/mol. The molecule has 4 rings (SSSR count). The SMILES string of the molecule is COC(=O)c1cn(S(=O)(=O)c2ccc3c(ccn3C)c2)c(-c2ccc(F)cc2F)c1OC. The number of ether oxygens (including phenoxy) is 2. The molecule has 166 valence electrons. The van der Waals surface area contributed by atoms with Crippen molar-refractivity contribution in [2.45, 2.75) is 4.90 Å². The Hall–Kier alpha value is -3.66. The Balaban J connectivity index is 2.03. The van der Waals surface area contributed by atoms with E-state index < -0.39 is 27.6 Å². The highest BCUT2D eigenvalue weighted by Crippen LogP contribution is 2.39. The molecular formula is C22H18F2N2O5S. The zero-order valence-corrected chi connectivity index (χ0v) is 18.1. The first-order valence-electron chi connectivity index (χ1n) is 9.32. The first-order chi connectivity index (χ1) is 15.2. The van der Waals surface area contributed by atoms with E-state index in [0.29, 0.717) is 11.5 Å². The average Bonchev–Trinajstić information content (AvgIpc) is 3.34. The van der Waals surface area contributed by atoms with Crippen LogP contribution < -0.4 is 4.74 Å². The average molecular weight is 460 g/mol. The third-order valence-corrected chi connectivity index (χ3v) is 6.79. The second-order valence-electron chi connectivity index (χ2n) is 6.99. The van der Waals surface area contributed by atoms with Crippen molar-refractivity contribution in [2.75, 3.05) is 14.2 Å². The summed E-state index contributed by atoms with van der Waals surface area (Å²) in [6.45, 7) is 0. The maximum absolute atomic E-state index is 14.7. The fourth-order valence-electron chi connectivity index (χ4n) is 3.58. The highest BCUT2D eigenvalue weighted by Gasteiger charge is 2.31. The standard InChI is InChI=1S/C22H18F2N2O5S/c1-25-9-8-13-10-15(5-7-19(13)25)32(28,29)26-12-17(22(27)31-3)21(30-2)20(26)16-6-4-14(23)11-18(16)24/h4-12H,1-3H3. The number of hydrogen-bond acceptors (Lipinski definition) is 5. The Morgan fingerprint density at radius 2 is 1.78 bits per heavy atom. The van der Waals surface area contributed by atoms with E-state index >= 15 is 0 Å². The van der Waals surface area contributed by atoms with Gasteiger partial charge in [-0.05, 0) is 36.4 Å². The lowest BCUT2D eigenvalue weighted by atomic mass is 10.1. The van der Waals surface area contributed by atoms with Crippen molar-refractivity contribution < 1.29 is 31.5 Å². The van der Waals surface area contributed by atoms with Crippen molar-refractivity contribution in [3.05, 3.63) is 72.1 Å². The van der Waals surface area contributed by atoms with Crippen LogP contribution in [0.3, 0.4) is 0 Å². The number of hydrogen-bond donors (Lipinski definition) is 0. The van der Waals surface area contributed by atoms with Crippen molar-refractivity contribution in [3.8, 4) is 17.0 Å². The van der Waals surface area contributed by atoms with E-state index in [0.717, 1.165) is 34.9 Å². The molecule has 0 N–H and O–H groups in total. The molecule has 2 aromatic carbocycles. The highest BCUT2D eigenvalue weighted by molar-refractivity contribution is 7.90. The van der Waals surface area contributed by atoms with Crippen LogP contribution in [0.15, 0.2) is 59.8 Å². The molecule has 0 saturated carbocycles. The van der Waals surface area contributed by atoms with Gasteiger partial charge in [0.05, 0.1) is 19.1 Å². The van der Waals surface area contributed by atoms with E-state index in [2.05, 4.69) is 0 Å². The number of nitrogens with zero attached hydrogens (tertiary/aromatic N) is 2. The number of esters is 1. The molecule has 0 saturated heterocycles. The zero-order chi connectivity index (χ0) is 23.2. The summed E-state index contributed by atoms with van der Waals surface area (Å²) in [7, 11) is -0.168. The minimum absolute atomic E-state index is 0.0889. The molecule has 0 bridgehead atoms. The summed E-state index contributed by atoms with van der Waals surface area (Å²) in [5.74, 6) is -2.95. The Labute approximate surface area is 182 Å². The fourth-order valence-corrected chi connectivity index (χ4v) is 4.98. The van der Waals surface area contributed by atoms with Crippen LogP contribution in [-0.4, -0.2) is 37.1 Å². The molecule has 4 aromatic rings. The number of benzene rings is 2. The summed E-state index contributed by atoms with van der Waals surface area (Å²) in [6.07, 6.45) is 2.79. The third-order valence-electron chi connectivity index (χ3n) is 5.14. The number of halogens is 2. The van der Waals surface area contributed by atoms with E-state index in [4.69, 9.17) is 9.47 Å². The molecule has 0 amide bonds. The maximum atomic E-state index is 14.7. The van der Waals surface area contributed by atoms with E-state index in [9.17, 15) is 22.0 Å². The maximum Gasteiger partial charge on any atom is 0.343 e. The smallest absolute Gasteiger partial charge is 0.343 e. The van der Waals surface area contributed by atoms with E-state index in [1.54, 1.807) is 18.3 Å². The monoisotopic (exact) mass is 460 g/mol. The van der Waals surface area contributed by atoms with Gasteiger partial charge in [0.25, 0.3) is 10.0 Å². The first-order valence-corrected chi connectivity index (χ1v) is 10.8. The molecule has 0 unspecified atom stereocenters. The normalized spacial score (nSPS) is 11.7. The van der Waals surface area contributed by atoms with Crippen LogP contribution >= 0.6 is 0 Å². The van der Waals surface area contributed by atoms with Gasteiger partial charge in [-0.15, -0.1) is 0 Å². The molecule has 10 heteroatoms. The molecule has 0 radical (unpaired) electrons. The van der Waals surface area contributed by atoms with Gasteiger partial charge in [0.15, 0.2) is 5.75 Å². The van der Waals surface area contributed by atoms with Gasteiger partial charge in [0, 0.05) is 42.0 Å². The Morgan fingerprint density at radius 3 is 2.44 bits per heavy atom. The molecule has 2 aromatic heterocycles. The van der Waals surface area contributed by atoms with Crippen LogP contribution in [0.2, 0.25) is 0 Å². The largest absolute Gasteiger partial charge is 0.494 e. The lowest BCUT2D eigenvalue weighted by molar-refractivity contribution is 0.0597. The van der Waals surface area contributed by atoms with Crippen LogP contribution in [0.25, 0.3) is 22.2 Å². The Bertz CT molecular complexity index is 1470. The molecule has 0 fully saturated rings. The van der Waals surface area contributed by atoms with Gasteiger partial charge in [-0.3, -0.25) is 0 Å². The van der Waals surface area contributed by atoms with Crippen molar-refractivity contribution in [3.63, 3.8) is 0 Å². The van der Waals surface area contributed by atoms with Gasteiger partial charge in [0.2, 0.25) is 0 Å². The molecule has 32 heavy (non-hydrogen) atoms. The lowest BCUT2D eigenvalue weighted by Crippen LogP contribution is -2.14. The second-order valence-corrected chi connectivity index (χ2v) is 8.80. The predicted octanol–water partition coefficient (Wildman–Crippen LogP) is 3.96. The molecule has 0 aliphatic carbocycles. The van der Waals surface area contributed by atoms with Gasteiger partial charge in [-0.2, -0.15) is 0 Å². The summed E-state index contributed by atoms with van der Waals surface area (Å²) < 4.78 is 68.0. The van der Waals surface area contributed by atoms with Crippen molar-refractivity contribution in [2.24, 2.45) is 7.05 Å². The van der Waals surface area contributed by atoms with Gasteiger partial charge < -0.3 is 14.0 Å². The molecule has 0 spiro atoms. The fraction of sp³-hybridized carbons (Fsp3) is 0.136. The van der Waals surface area contributed by atoms with Crippen LogP contribution in [0.5, 0.6) is 5.75 Å². The second kappa shape index (κ2) is 7.79. The number of rotatable bonds is 5. The number of aryl methyl sites for hydroxylation is 1. The summed E-state index contributed by atoms with van der Waals surface area (Å²) >= 11 is 0. The molecule has 7 nitrogen and oxygen atoms in total. The summed E-state index contributed by atoms with van der Waals surface area (Å²) in [6, 6.07) is 8.96. The van der Waals surface area contributed by atoms with Crippen molar-refractivity contribution in [1.29, 1.82) is 0 Å². The van der Waals surface area contributed by atoms with Crippen LogP contribution in [0, 0.1) is 11.6 Å². The highest BCUT2D eigenvalue weighted by atomic mass is 32.2. The van der Waals surface area contributed by atoms with Gasteiger partial charge in [-0.25, -0.2) is 26.0 Å². The lowest BCUT2D eigenvalue weighted by Gasteiger charge is -2.13. The van der Waals surface area contributed by atoms with Crippen molar-refractivity contribution in [1.82, 2.24) is 8.54 Å². The number of methoxy groups -OCH3 is 2. The molecule has 0 aliphatic rings. The summed E-state index contributed by atoms with van der Waals surface area (Å²) in [5, 5.41) is 0.676. The Morgan fingerprint density at radius 1 is 1.03 bits per heavy atom. The third kappa shape index (κ3) is 3.32. The predicted molar refractivity (Wildman–Crippen MR) is 113 cm³/mol. The summed E-state index contributed by atoms with van der Waals surface area (Å²) in [4.78, 5) is 12.2. The van der Waals surface area contributed by atoms with Gasteiger partial charge >= 0.3 is 5.97 Å². The zero-order valence-electron chi connectivity index (χ0n) is 17.3. The molecule has 0 aliphatic heterocycles. The minimum Gasteiger partial charge on any atom is -0.494 e. The number of carbonyl (C=O) groups excluding carboxylic acids is 1. The quantitative estimate of drug-likeness (QED) is 0.422. The van der Waals surface area contributed by atoms with Gasteiger partial charge in [0.1, 0.15) is 22.9 Å². The number of carbonyl (C=O) groups is 1. The first kappa shape index (κ1) is 21.6. The van der Waals surface area contributed by atoms with Crippen LogP contribution in [0.4, 0.5) is 8.78 Å². The van der Waals surface area contributed by atoms with Crippen molar-refractivity contribution >= 4 is 26.9 Å². The number of aromatic nitrogens is 2.